The van der Waals surface area contributed by atoms with Crippen molar-refractivity contribution >= 4 is 39.2 Å². The minimum Gasteiger partial charge on any atom is -0.488 e. The lowest BCUT2D eigenvalue weighted by atomic mass is 10.0. The summed E-state index contributed by atoms with van der Waals surface area (Å²) in [5.74, 6) is 0.880. The van der Waals surface area contributed by atoms with Gasteiger partial charge in [0.25, 0.3) is 0 Å². The summed E-state index contributed by atoms with van der Waals surface area (Å²) in [6.07, 6.45) is 1.89. The summed E-state index contributed by atoms with van der Waals surface area (Å²) in [5, 5.41) is 10.2. The molecule has 0 aromatic heterocycles. The monoisotopic (exact) mass is 451 g/mol. The highest BCUT2D eigenvalue weighted by atomic mass is 79.9. The average molecular weight is 453 g/mol. The van der Waals surface area contributed by atoms with Gasteiger partial charge in [-0.05, 0) is 84.1 Å². The van der Waals surface area contributed by atoms with Crippen molar-refractivity contribution in [2.45, 2.75) is 20.5 Å². The van der Waals surface area contributed by atoms with E-state index in [0.717, 1.165) is 38.0 Å². The van der Waals surface area contributed by atoms with Crippen LogP contribution < -0.4 is 4.74 Å². The first kappa shape index (κ1) is 20.2. The van der Waals surface area contributed by atoms with E-state index in [9.17, 15) is 5.26 Å². The van der Waals surface area contributed by atoms with Crippen LogP contribution in [0.3, 0.4) is 0 Å². The fourth-order valence-electron chi connectivity index (χ4n) is 3.01. The van der Waals surface area contributed by atoms with E-state index in [0.29, 0.717) is 17.2 Å². The van der Waals surface area contributed by atoms with E-state index in [4.69, 9.17) is 16.3 Å². The molecule has 0 spiro atoms. The van der Waals surface area contributed by atoms with Crippen LogP contribution in [0.2, 0.25) is 5.02 Å². The van der Waals surface area contributed by atoms with Gasteiger partial charge >= 0.3 is 0 Å². The lowest BCUT2D eigenvalue weighted by Crippen LogP contribution is -1.99. The fraction of sp³-hybridized carbons (Fsp3) is 0.125. The van der Waals surface area contributed by atoms with Crippen molar-refractivity contribution in [1.82, 2.24) is 0 Å². The zero-order valence-corrected chi connectivity index (χ0v) is 18.0. The van der Waals surface area contributed by atoms with Crippen molar-refractivity contribution in [3.8, 4) is 11.8 Å². The highest BCUT2D eigenvalue weighted by Crippen LogP contribution is 2.28. The fourth-order valence-corrected chi connectivity index (χ4v) is 3.40. The van der Waals surface area contributed by atoms with Gasteiger partial charge in [-0.15, -0.1) is 0 Å². The molecule has 140 valence electrons. The quantitative estimate of drug-likeness (QED) is 0.299. The Bertz CT molecular complexity index is 1020. The summed E-state index contributed by atoms with van der Waals surface area (Å²) in [6, 6.07) is 21.7. The third-order valence-corrected chi connectivity index (χ3v) is 5.15. The van der Waals surface area contributed by atoms with Crippen LogP contribution in [0.1, 0.15) is 27.8 Å². The van der Waals surface area contributed by atoms with E-state index in [-0.39, 0.29) is 0 Å². The summed E-state index contributed by atoms with van der Waals surface area (Å²) in [5.41, 5.74) is 5.60. The smallest absolute Gasteiger partial charge is 0.125 e. The molecule has 0 amide bonds. The van der Waals surface area contributed by atoms with Gasteiger partial charge in [0.1, 0.15) is 12.4 Å². The van der Waals surface area contributed by atoms with Crippen molar-refractivity contribution in [3.05, 3.63) is 98.0 Å². The van der Waals surface area contributed by atoms with Crippen molar-refractivity contribution < 1.29 is 4.74 Å². The highest BCUT2D eigenvalue weighted by molar-refractivity contribution is 9.10. The first-order valence-electron chi connectivity index (χ1n) is 8.82. The second-order valence-electron chi connectivity index (χ2n) is 6.58. The number of halogens is 2. The molecule has 3 aromatic rings. The van der Waals surface area contributed by atoms with Crippen LogP contribution in [0.25, 0.3) is 11.6 Å². The molecule has 2 nitrogen and oxygen atoms in total. The molecule has 3 rings (SSSR count). The lowest BCUT2D eigenvalue weighted by molar-refractivity contribution is 0.302. The normalized spacial score (nSPS) is 11.2. The van der Waals surface area contributed by atoms with Gasteiger partial charge in [0.15, 0.2) is 0 Å². The van der Waals surface area contributed by atoms with Gasteiger partial charge in [0, 0.05) is 9.50 Å². The summed E-state index contributed by atoms with van der Waals surface area (Å²) >= 11 is 9.38. The number of benzene rings is 3. The van der Waals surface area contributed by atoms with Crippen LogP contribution in [0, 0.1) is 25.2 Å². The molecular formula is C24H19BrClNO. The zero-order valence-electron chi connectivity index (χ0n) is 15.7. The Morgan fingerprint density at radius 3 is 2.21 bits per heavy atom. The van der Waals surface area contributed by atoms with Gasteiger partial charge in [0.2, 0.25) is 0 Å². The summed E-state index contributed by atoms with van der Waals surface area (Å²) < 4.78 is 7.11. The summed E-state index contributed by atoms with van der Waals surface area (Å²) in [4.78, 5) is 0. The number of hydrogen-bond donors (Lipinski definition) is 0. The molecule has 0 aliphatic carbocycles. The van der Waals surface area contributed by atoms with Crippen LogP contribution in [0.5, 0.6) is 5.75 Å². The molecular weight excluding hydrogens is 434 g/mol. The standard InChI is InChI=1S/C24H19BrClNO/c1-16-11-19(13-21(14-27)20-5-9-23(26)10-6-20)12-17(2)24(16)28-15-18-3-7-22(25)8-4-18/h3-13H,15H2,1-2H3/b21-13+. The Kier molecular flexibility index (Phi) is 6.57. The number of ether oxygens (including phenoxy) is 1. The van der Waals surface area contributed by atoms with E-state index in [1.165, 1.54) is 0 Å². The number of nitrogens with zero attached hydrogens (tertiary/aromatic N) is 1. The van der Waals surface area contributed by atoms with Crippen LogP contribution in [-0.2, 0) is 6.61 Å². The molecule has 0 atom stereocenters. The molecule has 3 aromatic carbocycles. The number of hydrogen-bond acceptors (Lipinski definition) is 2. The molecule has 0 bridgehead atoms. The lowest BCUT2D eigenvalue weighted by Gasteiger charge is -2.13. The van der Waals surface area contributed by atoms with Gasteiger partial charge in [-0.3, -0.25) is 0 Å². The maximum absolute atomic E-state index is 9.55. The second-order valence-corrected chi connectivity index (χ2v) is 7.93. The Morgan fingerprint density at radius 2 is 1.64 bits per heavy atom. The molecule has 0 saturated heterocycles. The molecule has 0 aliphatic rings. The van der Waals surface area contributed by atoms with Crippen molar-refractivity contribution in [1.29, 1.82) is 5.26 Å². The van der Waals surface area contributed by atoms with Gasteiger partial charge in [-0.25, -0.2) is 0 Å². The largest absolute Gasteiger partial charge is 0.488 e. The van der Waals surface area contributed by atoms with E-state index < -0.39 is 0 Å². The molecule has 0 N–H and O–H groups in total. The molecule has 0 radical (unpaired) electrons. The van der Waals surface area contributed by atoms with Gasteiger partial charge in [0.05, 0.1) is 11.6 Å². The number of nitriles is 1. The number of allylic oxidation sites excluding steroid dienone is 1. The maximum atomic E-state index is 9.55. The van der Waals surface area contributed by atoms with Gasteiger partial charge in [-0.2, -0.15) is 5.26 Å². The maximum Gasteiger partial charge on any atom is 0.125 e. The molecule has 0 heterocycles. The first-order valence-corrected chi connectivity index (χ1v) is 9.99. The van der Waals surface area contributed by atoms with Crippen LogP contribution in [0.15, 0.2) is 65.1 Å². The third-order valence-electron chi connectivity index (χ3n) is 4.37. The van der Waals surface area contributed by atoms with Crippen molar-refractivity contribution in [2.75, 3.05) is 0 Å². The number of rotatable bonds is 5. The molecule has 4 heteroatoms. The number of aryl methyl sites for hydroxylation is 2. The SMILES string of the molecule is Cc1cc(/C=C(\C#N)c2ccc(Cl)cc2)cc(C)c1OCc1ccc(Br)cc1. The Balaban J connectivity index is 1.83. The Morgan fingerprint density at radius 1 is 1.04 bits per heavy atom. The summed E-state index contributed by atoms with van der Waals surface area (Å²) in [7, 11) is 0. The van der Waals surface area contributed by atoms with Crippen LogP contribution in [-0.4, -0.2) is 0 Å². The molecule has 28 heavy (non-hydrogen) atoms. The topological polar surface area (TPSA) is 33.0 Å². The highest BCUT2D eigenvalue weighted by Gasteiger charge is 2.08. The zero-order chi connectivity index (χ0) is 20.1. The van der Waals surface area contributed by atoms with Gasteiger partial charge < -0.3 is 4.74 Å². The van der Waals surface area contributed by atoms with E-state index >= 15 is 0 Å². The summed E-state index contributed by atoms with van der Waals surface area (Å²) in [6.45, 7) is 4.56. The average Bonchev–Trinajstić information content (AvgIpc) is 2.67. The molecule has 0 unspecified atom stereocenters. The predicted octanol–water partition coefficient (Wildman–Crippen LogP) is 7.36. The van der Waals surface area contributed by atoms with Gasteiger partial charge in [-0.1, -0.05) is 51.8 Å². The van der Waals surface area contributed by atoms with Crippen LogP contribution in [0.4, 0.5) is 0 Å². The Labute approximate surface area is 179 Å². The third kappa shape index (κ3) is 5.04. The Hall–Kier alpha value is -2.54. The molecule has 0 fully saturated rings. The van der Waals surface area contributed by atoms with Crippen molar-refractivity contribution in [3.63, 3.8) is 0 Å². The van der Waals surface area contributed by atoms with Crippen LogP contribution >= 0.6 is 27.5 Å². The predicted molar refractivity (Wildman–Crippen MR) is 119 cm³/mol. The molecule has 0 aliphatic heterocycles. The van der Waals surface area contributed by atoms with E-state index in [1.807, 2.05) is 68.5 Å². The van der Waals surface area contributed by atoms with Crippen molar-refractivity contribution in [2.24, 2.45) is 0 Å². The minimum atomic E-state index is 0.512. The minimum absolute atomic E-state index is 0.512. The molecule has 0 saturated carbocycles. The van der Waals surface area contributed by atoms with E-state index in [1.54, 1.807) is 12.1 Å². The van der Waals surface area contributed by atoms with E-state index in [2.05, 4.69) is 22.0 Å². The first-order chi connectivity index (χ1) is 13.5. The second kappa shape index (κ2) is 9.10.